The third-order valence-corrected chi connectivity index (χ3v) is 19.6. The molecule has 0 amide bonds. The molecule has 4 aliphatic rings. The number of ether oxygens (including phenoxy) is 1. The maximum Gasteiger partial charge on any atom is 0.319 e. The van der Waals surface area contributed by atoms with Gasteiger partial charge in [0.05, 0.1) is 16.5 Å². The lowest BCUT2D eigenvalue weighted by molar-refractivity contribution is 0.107. The molecule has 0 radical (unpaired) electrons. The van der Waals surface area contributed by atoms with Crippen molar-refractivity contribution >= 4 is 47.2 Å². The van der Waals surface area contributed by atoms with Gasteiger partial charge in [-0.3, -0.25) is 4.90 Å². The number of hydrogen-bond donors (Lipinski definition) is 2. The molecule has 13 heteroatoms. The first-order valence-electron chi connectivity index (χ1n) is 19.8. The van der Waals surface area contributed by atoms with Crippen molar-refractivity contribution in [1.82, 2.24) is 25.2 Å². The van der Waals surface area contributed by atoms with E-state index < -0.39 is 31.4 Å². The molecule has 4 aromatic rings. The molecule has 8 nitrogen and oxygen atoms in total. The molecule has 0 unspecified atom stereocenters. The number of piperazine rings is 1. The lowest BCUT2D eigenvalue weighted by atomic mass is 9.95. The van der Waals surface area contributed by atoms with Crippen molar-refractivity contribution in [2.45, 2.75) is 114 Å². The van der Waals surface area contributed by atoms with Gasteiger partial charge in [-0.1, -0.05) is 65.1 Å². The van der Waals surface area contributed by atoms with Gasteiger partial charge in [-0.2, -0.15) is 9.97 Å². The highest BCUT2D eigenvalue weighted by molar-refractivity contribution is 6.90. The first-order chi connectivity index (χ1) is 26.2. The number of fused-ring (bicyclic) bond motifs is 5. The molecule has 4 fully saturated rings. The fourth-order valence-corrected chi connectivity index (χ4v) is 16.0. The normalized spacial score (nSPS) is 24.1. The minimum absolute atomic E-state index is 0.0261. The maximum atomic E-state index is 17.5. The Labute approximate surface area is 327 Å². The molecule has 2 aromatic carbocycles. The summed E-state index contributed by atoms with van der Waals surface area (Å²) in [7, 11) is -2.30. The van der Waals surface area contributed by atoms with E-state index in [1.54, 1.807) is 6.07 Å². The molecule has 292 valence electrons. The number of halogens is 4. The van der Waals surface area contributed by atoms with Gasteiger partial charge in [0.15, 0.2) is 5.82 Å². The summed E-state index contributed by atoms with van der Waals surface area (Å²) < 4.78 is 54.5. The van der Waals surface area contributed by atoms with Crippen LogP contribution in [0.3, 0.4) is 0 Å². The van der Waals surface area contributed by atoms with Gasteiger partial charge in [-0.25, -0.2) is 18.2 Å². The molecule has 0 aliphatic carbocycles. The Kier molecular flexibility index (Phi) is 10.0. The Hall–Kier alpha value is -3.63. The van der Waals surface area contributed by atoms with Crippen LogP contribution >= 0.6 is 11.6 Å². The summed E-state index contributed by atoms with van der Waals surface area (Å²) >= 11 is 7.06. The molecule has 0 spiro atoms. The zero-order chi connectivity index (χ0) is 39.0. The second kappa shape index (κ2) is 14.4. The molecular weight excluding hydrogens is 741 g/mol. The van der Waals surface area contributed by atoms with E-state index in [2.05, 4.69) is 78.1 Å². The van der Waals surface area contributed by atoms with Crippen LogP contribution in [0.15, 0.2) is 24.3 Å². The minimum atomic E-state index is -2.30. The van der Waals surface area contributed by atoms with Crippen LogP contribution in [0, 0.1) is 23.1 Å². The topological polar surface area (TPSA) is 86.6 Å². The number of anilines is 1. The molecule has 8 rings (SSSR count). The third kappa shape index (κ3) is 6.53. The van der Waals surface area contributed by atoms with E-state index in [1.165, 1.54) is 18.2 Å². The van der Waals surface area contributed by atoms with Gasteiger partial charge in [-0.15, -0.1) is 5.54 Å². The molecule has 2 N–H and O–H groups in total. The van der Waals surface area contributed by atoms with Gasteiger partial charge in [0.1, 0.15) is 54.6 Å². The van der Waals surface area contributed by atoms with Gasteiger partial charge in [0.2, 0.25) is 0 Å². The Morgan fingerprint density at radius 1 is 1.00 bits per heavy atom. The second-order valence-electron chi connectivity index (χ2n) is 17.2. The lowest BCUT2D eigenvalue weighted by Crippen LogP contribution is -2.51. The number of aromatic nitrogens is 3. The Morgan fingerprint density at radius 2 is 1.71 bits per heavy atom. The summed E-state index contributed by atoms with van der Waals surface area (Å²) in [4.78, 5) is 18.4. The van der Waals surface area contributed by atoms with Gasteiger partial charge < -0.3 is 20.1 Å². The maximum absolute atomic E-state index is 17.5. The van der Waals surface area contributed by atoms with Crippen LogP contribution in [0.2, 0.25) is 21.8 Å². The minimum Gasteiger partial charge on any atom is -0.508 e. The van der Waals surface area contributed by atoms with Crippen LogP contribution in [-0.4, -0.2) is 89.6 Å². The summed E-state index contributed by atoms with van der Waals surface area (Å²) in [5.41, 5.74) is 4.05. The van der Waals surface area contributed by atoms with Crippen molar-refractivity contribution < 1.29 is 23.0 Å². The van der Waals surface area contributed by atoms with Crippen molar-refractivity contribution in [3.63, 3.8) is 0 Å². The number of phenolic OH excluding ortho intramolecular Hbond substituents is 1. The Balaban J connectivity index is 1.31. The van der Waals surface area contributed by atoms with Crippen LogP contribution in [0.5, 0.6) is 11.8 Å². The van der Waals surface area contributed by atoms with Crippen LogP contribution in [0.1, 0.15) is 79.2 Å². The van der Waals surface area contributed by atoms with E-state index >= 15 is 8.78 Å². The molecule has 0 saturated carbocycles. The molecule has 4 aliphatic heterocycles. The molecule has 2 aromatic heterocycles. The highest BCUT2D eigenvalue weighted by Crippen LogP contribution is 2.45. The molecule has 4 atom stereocenters. The molecule has 55 heavy (non-hydrogen) atoms. The second-order valence-corrected chi connectivity index (χ2v) is 23.1. The fraction of sp³-hybridized carbons (Fsp3) is 0.548. The number of phenols is 1. The highest BCUT2D eigenvalue weighted by atomic mass is 35.5. The van der Waals surface area contributed by atoms with Crippen molar-refractivity contribution in [2.24, 2.45) is 0 Å². The van der Waals surface area contributed by atoms with Crippen LogP contribution < -0.4 is 15.0 Å². The summed E-state index contributed by atoms with van der Waals surface area (Å²) in [6, 6.07) is 6.25. The first kappa shape index (κ1) is 38.3. The zero-order valence-electron chi connectivity index (χ0n) is 32.4. The van der Waals surface area contributed by atoms with E-state index in [1.807, 2.05) is 0 Å². The average molecular weight is 791 g/mol. The number of pyridine rings is 1. The third-order valence-electron chi connectivity index (χ3n) is 13.0. The van der Waals surface area contributed by atoms with E-state index in [0.717, 1.165) is 32.2 Å². The van der Waals surface area contributed by atoms with Gasteiger partial charge in [-0.05, 0) is 72.4 Å². The van der Waals surface area contributed by atoms with Gasteiger partial charge in [0.25, 0.3) is 0 Å². The van der Waals surface area contributed by atoms with Crippen molar-refractivity contribution in [2.75, 3.05) is 37.7 Å². The summed E-state index contributed by atoms with van der Waals surface area (Å²) in [5.74, 6) is 2.19. The fourth-order valence-electron chi connectivity index (χ4n) is 10.5. The predicted molar refractivity (Wildman–Crippen MR) is 215 cm³/mol. The Bertz CT molecular complexity index is 2200. The molecule has 4 saturated heterocycles. The van der Waals surface area contributed by atoms with E-state index in [4.69, 9.17) is 21.3 Å². The number of hydrogen-bond acceptors (Lipinski definition) is 8. The number of alkyl halides is 1. The summed E-state index contributed by atoms with van der Waals surface area (Å²) in [6.07, 6.45) is 3.21. The number of rotatable bonds is 8. The van der Waals surface area contributed by atoms with E-state index in [-0.39, 0.29) is 63.3 Å². The van der Waals surface area contributed by atoms with Crippen molar-refractivity contribution in [3.8, 4) is 34.5 Å². The van der Waals surface area contributed by atoms with Crippen LogP contribution in [-0.2, 0) is 0 Å². The lowest BCUT2D eigenvalue weighted by Gasteiger charge is -2.38. The summed E-state index contributed by atoms with van der Waals surface area (Å²) in [5, 5.41) is 15.6. The van der Waals surface area contributed by atoms with E-state index in [0.29, 0.717) is 59.3 Å². The molecular formula is C42H50ClF3N6O2Si. The standard InChI is InChI=1S/C42H50ClF3N6O2Si/c1-23(2)55(24(3)4,25(5)6)15-12-31-33(45)11-8-26-16-30(53)17-32(34(26)31)37-36(46)38-35(39(43)48-37)40(51-20-28-9-10-29(21-51)47-28)50-41(49-38)54-22-42-13-7-14-52(42)19-27(44)18-42/h8,11,16-17,23-25,27-29,47,53H,7,9-10,13-14,18-22H2,1-6H3/t27-,28-,29+,42+/m1/s1. The predicted octanol–water partition coefficient (Wildman–Crippen LogP) is 8.95. The molecule has 6 heterocycles. The van der Waals surface area contributed by atoms with Crippen LogP contribution in [0.4, 0.5) is 19.0 Å². The number of nitrogens with zero attached hydrogens (tertiary/aromatic N) is 5. The van der Waals surface area contributed by atoms with Gasteiger partial charge in [0, 0.05) is 49.1 Å². The number of benzene rings is 2. The smallest absolute Gasteiger partial charge is 0.319 e. The average Bonchev–Trinajstić information content (AvgIpc) is 3.78. The number of aromatic hydroxyl groups is 1. The van der Waals surface area contributed by atoms with E-state index in [9.17, 15) is 9.50 Å². The van der Waals surface area contributed by atoms with Crippen LogP contribution in [0.25, 0.3) is 32.9 Å². The highest BCUT2D eigenvalue weighted by Gasteiger charge is 2.49. The largest absolute Gasteiger partial charge is 0.508 e. The zero-order valence-corrected chi connectivity index (χ0v) is 34.2. The quantitative estimate of drug-likeness (QED) is 0.104. The first-order valence-corrected chi connectivity index (χ1v) is 22.4. The number of nitrogens with one attached hydrogen (secondary N) is 1. The monoisotopic (exact) mass is 790 g/mol. The van der Waals surface area contributed by atoms with Gasteiger partial charge >= 0.3 is 6.01 Å². The van der Waals surface area contributed by atoms with Crippen molar-refractivity contribution in [1.29, 1.82) is 0 Å². The molecule has 2 bridgehead atoms. The SMILES string of the molecule is CC(C)[Si](C#Cc1c(F)ccc2cc(O)cc(-c3nc(Cl)c4c(N5C[C@H]6CC[C@@H](C5)N6)nc(OC[C@@]56CCCN5C[C@H](F)C6)nc4c3F)c12)(C(C)C)C(C)C. The Morgan fingerprint density at radius 3 is 2.40 bits per heavy atom. The summed E-state index contributed by atoms with van der Waals surface area (Å²) in [6.45, 7) is 15.7. The van der Waals surface area contributed by atoms with Crippen molar-refractivity contribution in [3.05, 3.63) is 46.6 Å².